The van der Waals surface area contributed by atoms with Crippen molar-refractivity contribution in [1.29, 1.82) is 0 Å². The zero-order chi connectivity index (χ0) is 21.4. The fourth-order valence-electron chi connectivity index (χ4n) is 3.92. The van der Waals surface area contributed by atoms with Gasteiger partial charge < -0.3 is 30.3 Å². The van der Waals surface area contributed by atoms with Crippen LogP contribution in [0.1, 0.15) is 53.4 Å². The molecule has 0 spiro atoms. The first-order chi connectivity index (χ1) is 13.7. The highest BCUT2D eigenvalue weighted by Crippen LogP contribution is 2.36. The van der Waals surface area contributed by atoms with Crippen molar-refractivity contribution < 1.29 is 19.1 Å². The fraction of sp³-hybridized carbons (Fsp3) is 0.850. The lowest BCUT2D eigenvalue weighted by Crippen LogP contribution is -2.55. The normalized spacial score (nSPS) is 24.2. The molecule has 2 saturated heterocycles. The van der Waals surface area contributed by atoms with Crippen LogP contribution in [-0.2, 0) is 14.3 Å². The molecule has 2 bridgehead atoms. The van der Waals surface area contributed by atoms with Crippen LogP contribution < -0.4 is 16.0 Å². The molecule has 2 heterocycles. The SMILES string of the molecule is CCNC(=NCC(=O)NCCOC)NC1CC2CCC(C1)N2C(=O)OC(C)(C)C. The van der Waals surface area contributed by atoms with E-state index in [2.05, 4.69) is 20.9 Å². The molecule has 2 fully saturated rings. The summed E-state index contributed by atoms with van der Waals surface area (Å²) in [5.41, 5.74) is -0.486. The Kier molecular flexibility index (Phi) is 8.55. The lowest BCUT2D eigenvalue weighted by atomic mass is 9.98. The van der Waals surface area contributed by atoms with Crippen LogP contribution in [0.2, 0.25) is 0 Å². The van der Waals surface area contributed by atoms with Crippen LogP contribution >= 0.6 is 0 Å². The topological polar surface area (TPSA) is 104 Å². The van der Waals surface area contributed by atoms with Gasteiger partial charge in [-0.2, -0.15) is 0 Å². The first kappa shape index (κ1) is 23.3. The maximum atomic E-state index is 12.6. The Morgan fingerprint density at radius 1 is 1.14 bits per heavy atom. The largest absolute Gasteiger partial charge is 0.444 e. The zero-order valence-electron chi connectivity index (χ0n) is 18.4. The number of piperidine rings is 1. The van der Waals surface area contributed by atoms with Crippen molar-refractivity contribution >= 4 is 18.0 Å². The van der Waals surface area contributed by atoms with Gasteiger partial charge in [0.25, 0.3) is 0 Å². The van der Waals surface area contributed by atoms with Crippen LogP contribution in [-0.4, -0.2) is 79.9 Å². The van der Waals surface area contributed by atoms with E-state index in [1.807, 2.05) is 32.6 Å². The number of methoxy groups -OCH3 is 1. The smallest absolute Gasteiger partial charge is 0.410 e. The summed E-state index contributed by atoms with van der Waals surface area (Å²) in [4.78, 5) is 30.8. The molecule has 2 atom stereocenters. The average Bonchev–Trinajstić information content (AvgIpc) is 2.90. The molecule has 9 nitrogen and oxygen atoms in total. The molecule has 0 aliphatic carbocycles. The van der Waals surface area contributed by atoms with Gasteiger partial charge in [-0.3, -0.25) is 4.79 Å². The molecular formula is C20H37N5O4. The number of fused-ring (bicyclic) bond motifs is 2. The third kappa shape index (κ3) is 7.38. The van der Waals surface area contributed by atoms with E-state index in [1.165, 1.54) is 0 Å². The Morgan fingerprint density at radius 2 is 1.79 bits per heavy atom. The van der Waals surface area contributed by atoms with Crippen LogP contribution in [0, 0.1) is 0 Å². The molecule has 2 rings (SSSR count). The zero-order valence-corrected chi connectivity index (χ0v) is 18.4. The monoisotopic (exact) mass is 411 g/mol. The molecule has 3 N–H and O–H groups in total. The summed E-state index contributed by atoms with van der Waals surface area (Å²) in [5, 5.41) is 9.40. The van der Waals surface area contributed by atoms with Gasteiger partial charge in [0.15, 0.2) is 5.96 Å². The molecule has 0 aromatic carbocycles. The second-order valence-electron chi connectivity index (χ2n) is 8.62. The molecule has 0 aromatic heterocycles. The van der Waals surface area contributed by atoms with Crippen molar-refractivity contribution in [1.82, 2.24) is 20.9 Å². The number of nitrogens with one attached hydrogen (secondary N) is 3. The summed E-state index contributed by atoms with van der Waals surface area (Å²) < 4.78 is 10.5. The minimum Gasteiger partial charge on any atom is -0.444 e. The van der Waals surface area contributed by atoms with Gasteiger partial charge in [0.05, 0.1) is 6.61 Å². The molecule has 2 aliphatic rings. The second-order valence-corrected chi connectivity index (χ2v) is 8.62. The number of hydrogen-bond donors (Lipinski definition) is 3. The van der Waals surface area contributed by atoms with E-state index in [0.29, 0.717) is 25.7 Å². The first-order valence-corrected chi connectivity index (χ1v) is 10.5. The number of amides is 2. The highest BCUT2D eigenvalue weighted by atomic mass is 16.6. The van der Waals surface area contributed by atoms with Gasteiger partial charge >= 0.3 is 6.09 Å². The van der Waals surface area contributed by atoms with Crippen molar-refractivity contribution in [3.63, 3.8) is 0 Å². The molecule has 0 radical (unpaired) electrons. The van der Waals surface area contributed by atoms with Crippen LogP contribution in [0.4, 0.5) is 4.79 Å². The van der Waals surface area contributed by atoms with Crippen LogP contribution in [0.3, 0.4) is 0 Å². The molecule has 29 heavy (non-hydrogen) atoms. The van der Waals surface area contributed by atoms with Crippen molar-refractivity contribution in [2.24, 2.45) is 4.99 Å². The van der Waals surface area contributed by atoms with E-state index in [-0.39, 0.29) is 36.7 Å². The highest BCUT2D eigenvalue weighted by Gasteiger charge is 2.45. The first-order valence-electron chi connectivity index (χ1n) is 10.5. The quantitative estimate of drug-likeness (QED) is 0.331. The summed E-state index contributed by atoms with van der Waals surface area (Å²) in [6, 6.07) is 0.572. The van der Waals surface area contributed by atoms with E-state index in [1.54, 1.807) is 7.11 Å². The fourth-order valence-corrected chi connectivity index (χ4v) is 3.92. The van der Waals surface area contributed by atoms with E-state index < -0.39 is 5.60 Å². The number of ether oxygens (including phenoxy) is 2. The lowest BCUT2D eigenvalue weighted by molar-refractivity contribution is -0.119. The van der Waals surface area contributed by atoms with Crippen LogP contribution in [0.15, 0.2) is 4.99 Å². The van der Waals surface area contributed by atoms with Gasteiger partial charge in [-0.1, -0.05) is 0 Å². The third-order valence-electron chi connectivity index (χ3n) is 5.03. The molecule has 2 aliphatic heterocycles. The van der Waals surface area contributed by atoms with Crippen molar-refractivity contribution in [3.05, 3.63) is 0 Å². The summed E-state index contributed by atoms with van der Waals surface area (Å²) >= 11 is 0. The van der Waals surface area contributed by atoms with E-state index in [9.17, 15) is 9.59 Å². The number of guanidine groups is 1. The number of nitrogens with zero attached hydrogens (tertiary/aromatic N) is 2. The Morgan fingerprint density at radius 3 is 2.34 bits per heavy atom. The summed E-state index contributed by atoms with van der Waals surface area (Å²) in [6.45, 7) is 9.39. The standard InChI is InChI=1S/C20H37N5O4/c1-6-21-18(23-13-17(26)22-9-10-28-5)24-14-11-15-7-8-16(12-14)25(15)19(27)29-20(2,3)4/h14-16H,6-13H2,1-5H3,(H,22,26)(H2,21,23,24). The third-order valence-corrected chi connectivity index (χ3v) is 5.03. The van der Waals surface area contributed by atoms with Crippen LogP contribution in [0.5, 0.6) is 0 Å². The van der Waals surface area contributed by atoms with E-state index >= 15 is 0 Å². The lowest BCUT2D eigenvalue weighted by Gasteiger charge is -2.40. The maximum absolute atomic E-state index is 12.6. The summed E-state index contributed by atoms with van der Waals surface area (Å²) in [6.07, 6.45) is 3.48. The van der Waals surface area contributed by atoms with E-state index in [0.717, 1.165) is 25.7 Å². The van der Waals surface area contributed by atoms with Crippen molar-refractivity contribution in [2.75, 3.05) is 33.4 Å². The van der Waals surface area contributed by atoms with Gasteiger partial charge in [-0.15, -0.1) is 0 Å². The summed E-state index contributed by atoms with van der Waals surface area (Å²) in [7, 11) is 1.60. The number of aliphatic imine (C=N–C) groups is 1. The van der Waals surface area contributed by atoms with Gasteiger partial charge in [-0.05, 0) is 53.4 Å². The highest BCUT2D eigenvalue weighted by molar-refractivity contribution is 5.85. The molecule has 0 aromatic rings. The number of rotatable bonds is 7. The summed E-state index contributed by atoms with van der Waals surface area (Å²) in [5.74, 6) is 0.489. The van der Waals surface area contributed by atoms with Gasteiger partial charge in [-0.25, -0.2) is 9.79 Å². The van der Waals surface area contributed by atoms with Gasteiger partial charge in [0, 0.05) is 38.3 Å². The minimum absolute atomic E-state index is 0.0582. The number of hydrogen-bond acceptors (Lipinski definition) is 5. The second kappa shape index (κ2) is 10.7. The number of carbonyl (C=O) groups excluding carboxylic acids is 2. The molecule has 9 heteroatoms. The molecular weight excluding hydrogens is 374 g/mol. The predicted molar refractivity (Wildman–Crippen MR) is 112 cm³/mol. The maximum Gasteiger partial charge on any atom is 0.410 e. The Hall–Kier alpha value is -2.03. The van der Waals surface area contributed by atoms with Crippen molar-refractivity contribution in [2.45, 2.75) is 77.1 Å². The van der Waals surface area contributed by atoms with Crippen LogP contribution in [0.25, 0.3) is 0 Å². The molecule has 2 unspecified atom stereocenters. The number of carbonyl (C=O) groups is 2. The average molecular weight is 412 g/mol. The van der Waals surface area contributed by atoms with E-state index in [4.69, 9.17) is 9.47 Å². The Balaban J connectivity index is 1.90. The Labute approximate surface area is 174 Å². The Bertz CT molecular complexity index is 576. The van der Waals surface area contributed by atoms with Gasteiger partial charge in [0.2, 0.25) is 5.91 Å². The minimum atomic E-state index is -0.486. The van der Waals surface area contributed by atoms with Crippen molar-refractivity contribution in [3.8, 4) is 0 Å². The molecule has 0 saturated carbocycles. The molecule has 166 valence electrons. The predicted octanol–water partition coefficient (Wildman–Crippen LogP) is 1.23. The molecule has 2 amide bonds. The van der Waals surface area contributed by atoms with Gasteiger partial charge in [0.1, 0.15) is 12.1 Å².